The molecule has 29 heavy (non-hydrogen) atoms. The van der Waals surface area contributed by atoms with Gasteiger partial charge in [-0.25, -0.2) is 0 Å². The van der Waals surface area contributed by atoms with Gasteiger partial charge in [-0.05, 0) is 61.0 Å². The molecule has 5 rings (SSSR count). The fourth-order valence-corrected chi connectivity index (χ4v) is 5.05. The second-order valence-electron chi connectivity index (χ2n) is 8.36. The summed E-state index contributed by atoms with van der Waals surface area (Å²) in [6.45, 7) is 2.30. The first-order valence-corrected chi connectivity index (χ1v) is 10.9. The molecule has 1 fully saturated rings. The Morgan fingerprint density at radius 3 is 1.76 bits per heavy atom. The van der Waals surface area contributed by atoms with E-state index in [9.17, 15) is 0 Å². The number of ether oxygens (including phenoxy) is 1. The zero-order valence-electron chi connectivity index (χ0n) is 16.9. The molecule has 0 N–H and O–H groups in total. The maximum atomic E-state index is 6.97. The van der Waals surface area contributed by atoms with Crippen LogP contribution in [0.5, 0.6) is 0 Å². The van der Waals surface area contributed by atoms with Crippen LogP contribution in [-0.4, -0.2) is 24.1 Å². The number of benzene rings is 3. The van der Waals surface area contributed by atoms with E-state index in [1.54, 1.807) is 0 Å². The maximum absolute atomic E-state index is 6.97. The van der Waals surface area contributed by atoms with Crippen LogP contribution in [0.4, 0.5) is 0 Å². The van der Waals surface area contributed by atoms with E-state index in [0.717, 1.165) is 25.9 Å². The van der Waals surface area contributed by atoms with Crippen molar-refractivity contribution in [3.63, 3.8) is 0 Å². The summed E-state index contributed by atoms with van der Waals surface area (Å²) in [7, 11) is 0. The highest BCUT2D eigenvalue weighted by Gasteiger charge is 2.35. The molecule has 0 unspecified atom stereocenters. The van der Waals surface area contributed by atoms with Crippen molar-refractivity contribution < 1.29 is 4.74 Å². The summed E-state index contributed by atoms with van der Waals surface area (Å²) < 4.78 is 6.97. The van der Waals surface area contributed by atoms with Gasteiger partial charge in [-0.3, -0.25) is 4.90 Å². The maximum Gasteiger partial charge on any atom is 0.103 e. The van der Waals surface area contributed by atoms with Gasteiger partial charge in [0.05, 0.1) is 12.1 Å². The highest BCUT2D eigenvalue weighted by Crippen LogP contribution is 2.41. The normalized spacial score (nSPS) is 19.2. The van der Waals surface area contributed by atoms with E-state index in [1.165, 1.54) is 35.1 Å². The third-order valence-corrected chi connectivity index (χ3v) is 6.44. The Balaban J connectivity index is 1.49. The summed E-state index contributed by atoms with van der Waals surface area (Å²) in [4.78, 5) is 2.63. The molecule has 2 atom stereocenters. The smallest absolute Gasteiger partial charge is 0.103 e. The number of rotatable bonds is 6. The number of likely N-dealkylation sites (tertiary alicyclic amines) is 1. The molecule has 2 aliphatic rings. The highest BCUT2D eigenvalue weighted by molar-refractivity contribution is 5.33. The average molecular weight is 384 g/mol. The SMILES string of the molecule is c1ccc([C@@H](OC2Cc3ccccc3C2)[C@@H](c2ccccc2)N2CCCC2)cc1. The fraction of sp³-hybridized carbons (Fsp3) is 0.333. The zero-order chi connectivity index (χ0) is 19.5. The van der Waals surface area contributed by atoms with Gasteiger partial charge < -0.3 is 4.74 Å². The van der Waals surface area contributed by atoms with Crippen LogP contribution in [0.2, 0.25) is 0 Å². The molecular formula is C27H29NO. The van der Waals surface area contributed by atoms with Crippen LogP contribution in [0.3, 0.4) is 0 Å². The number of hydrogen-bond donors (Lipinski definition) is 0. The molecule has 148 valence electrons. The fourth-order valence-electron chi connectivity index (χ4n) is 5.05. The van der Waals surface area contributed by atoms with Gasteiger partial charge in [0.15, 0.2) is 0 Å². The summed E-state index contributed by atoms with van der Waals surface area (Å²) in [5.74, 6) is 0. The molecule has 0 bridgehead atoms. The molecule has 3 aromatic carbocycles. The van der Waals surface area contributed by atoms with Crippen LogP contribution in [0.25, 0.3) is 0 Å². The quantitative estimate of drug-likeness (QED) is 0.537. The van der Waals surface area contributed by atoms with E-state index in [-0.39, 0.29) is 18.2 Å². The van der Waals surface area contributed by atoms with Crippen molar-refractivity contribution in [3.05, 3.63) is 107 Å². The van der Waals surface area contributed by atoms with Gasteiger partial charge in [0.1, 0.15) is 6.10 Å². The molecule has 1 saturated heterocycles. The van der Waals surface area contributed by atoms with Gasteiger partial charge in [-0.1, -0.05) is 84.9 Å². The zero-order valence-corrected chi connectivity index (χ0v) is 16.9. The lowest BCUT2D eigenvalue weighted by molar-refractivity contribution is -0.0549. The van der Waals surface area contributed by atoms with E-state index >= 15 is 0 Å². The van der Waals surface area contributed by atoms with Crippen molar-refractivity contribution in [2.75, 3.05) is 13.1 Å². The van der Waals surface area contributed by atoms with Gasteiger partial charge in [0, 0.05) is 0 Å². The minimum absolute atomic E-state index is 0.0380. The van der Waals surface area contributed by atoms with Gasteiger partial charge in [-0.2, -0.15) is 0 Å². The third-order valence-electron chi connectivity index (χ3n) is 6.44. The van der Waals surface area contributed by atoms with E-state index in [1.807, 2.05) is 0 Å². The summed E-state index contributed by atoms with van der Waals surface area (Å²) in [6, 6.07) is 30.9. The monoisotopic (exact) mass is 383 g/mol. The first-order valence-electron chi connectivity index (χ1n) is 10.9. The minimum Gasteiger partial charge on any atom is -0.368 e. The van der Waals surface area contributed by atoms with Crippen LogP contribution in [0.1, 0.15) is 47.2 Å². The lowest BCUT2D eigenvalue weighted by Crippen LogP contribution is -2.34. The van der Waals surface area contributed by atoms with Crippen molar-refractivity contribution in [3.8, 4) is 0 Å². The van der Waals surface area contributed by atoms with Crippen molar-refractivity contribution in [1.82, 2.24) is 4.90 Å². The molecule has 0 spiro atoms. The van der Waals surface area contributed by atoms with Gasteiger partial charge in [0.2, 0.25) is 0 Å². The van der Waals surface area contributed by atoms with E-state index in [2.05, 4.69) is 89.8 Å². The topological polar surface area (TPSA) is 12.5 Å². The lowest BCUT2D eigenvalue weighted by atomic mass is 9.94. The van der Waals surface area contributed by atoms with E-state index < -0.39 is 0 Å². The molecule has 2 heteroatoms. The van der Waals surface area contributed by atoms with Crippen molar-refractivity contribution >= 4 is 0 Å². The molecule has 0 amide bonds. The van der Waals surface area contributed by atoms with Crippen molar-refractivity contribution in [2.24, 2.45) is 0 Å². The van der Waals surface area contributed by atoms with Gasteiger partial charge in [-0.15, -0.1) is 0 Å². The second-order valence-corrected chi connectivity index (χ2v) is 8.36. The van der Waals surface area contributed by atoms with Crippen molar-refractivity contribution in [2.45, 2.75) is 43.9 Å². The summed E-state index contributed by atoms with van der Waals surface area (Å²) in [6.07, 6.45) is 4.86. The third kappa shape index (κ3) is 4.01. The minimum atomic E-state index is 0.0380. The Labute approximate surface area is 174 Å². The van der Waals surface area contributed by atoms with Gasteiger partial charge in [0.25, 0.3) is 0 Å². The summed E-state index contributed by atoms with van der Waals surface area (Å²) >= 11 is 0. The van der Waals surface area contributed by atoms with Crippen LogP contribution in [0, 0.1) is 0 Å². The van der Waals surface area contributed by atoms with E-state index in [0.29, 0.717) is 0 Å². The number of nitrogens with zero attached hydrogens (tertiary/aromatic N) is 1. The summed E-state index contributed by atoms with van der Waals surface area (Å²) in [5, 5.41) is 0. The molecule has 3 aromatic rings. The first kappa shape index (κ1) is 18.6. The Morgan fingerprint density at radius 2 is 1.17 bits per heavy atom. The Kier molecular flexibility index (Phi) is 5.47. The highest BCUT2D eigenvalue weighted by atomic mass is 16.5. The largest absolute Gasteiger partial charge is 0.368 e. The van der Waals surface area contributed by atoms with Crippen LogP contribution in [0.15, 0.2) is 84.9 Å². The van der Waals surface area contributed by atoms with Crippen LogP contribution < -0.4 is 0 Å². The van der Waals surface area contributed by atoms with Crippen LogP contribution in [-0.2, 0) is 17.6 Å². The Morgan fingerprint density at radius 1 is 0.655 bits per heavy atom. The lowest BCUT2D eigenvalue weighted by Gasteiger charge is -2.36. The summed E-state index contributed by atoms with van der Waals surface area (Å²) in [5.41, 5.74) is 5.53. The molecule has 0 aromatic heterocycles. The van der Waals surface area contributed by atoms with E-state index in [4.69, 9.17) is 4.74 Å². The molecule has 1 aliphatic carbocycles. The molecule has 0 radical (unpaired) electrons. The Hall–Kier alpha value is -2.42. The second kappa shape index (κ2) is 8.52. The average Bonchev–Trinajstić information content (AvgIpc) is 3.44. The molecule has 2 nitrogen and oxygen atoms in total. The standard InChI is InChI=1S/C27H29NO/c1-3-11-21(12-4-1)26(28-17-9-10-18-28)27(22-13-5-2-6-14-22)29-25-19-23-15-7-8-16-24(23)20-25/h1-8,11-16,25-27H,9-10,17-20H2/t26-,27-/m1/s1. The molecule has 1 heterocycles. The first-order chi connectivity index (χ1) is 14.4. The number of fused-ring (bicyclic) bond motifs is 1. The van der Waals surface area contributed by atoms with Gasteiger partial charge >= 0.3 is 0 Å². The van der Waals surface area contributed by atoms with Crippen molar-refractivity contribution in [1.29, 1.82) is 0 Å². The number of hydrogen-bond acceptors (Lipinski definition) is 2. The molecule has 0 saturated carbocycles. The Bertz CT molecular complexity index is 893. The predicted octanol–water partition coefficient (Wildman–Crippen LogP) is 5.75. The predicted molar refractivity (Wildman–Crippen MR) is 118 cm³/mol. The molecule has 1 aliphatic heterocycles. The van der Waals surface area contributed by atoms with Crippen LogP contribution >= 0.6 is 0 Å². The molecular weight excluding hydrogens is 354 g/mol.